The van der Waals surface area contributed by atoms with Gasteiger partial charge in [0.15, 0.2) is 0 Å². The molecule has 4 aromatic rings. The summed E-state index contributed by atoms with van der Waals surface area (Å²) in [6, 6.07) is 23.6. The quantitative estimate of drug-likeness (QED) is 0.240. The van der Waals surface area contributed by atoms with Crippen LogP contribution in [0.15, 0.2) is 77.3 Å². The Morgan fingerprint density at radius 1 is 1.00 bits per heavy atom. The predicted octanol–water partition coefficient (Wildman–Crippen LogP) is 6.13. The number of benzene rings is 3. The second-order valence-electron chi connectivity index (χ2n) is 11.6. The highest BCUT2D eigenvalue weighted by molar-refractivity contribution is 6.33. The van der Waals surface area contributed by atoms with Crippen LogP contribution in [0.2, 0.25) is 5.02 Å². The highest BCUT2D eigenvalue weighted by atomic mass is 35.5. The smallest absolute Gasteiger partial charge is 0.312 e. The topological polar surface area (TPSA) is 126 Å². The summed E-state index contributed by atoms with van der Waals surface area (Å²) in [6.07, 6.45) is 0.887. The van der Waals surface area contributed by atoms with Crippen LogP contribution in [-0.4, -0.2) is 56.5 Å². The summed E-state index contributed by atoms with van der Waals surface area (Å²) >= 11 is 6.54. The average Bonchev–Trinajstić information content (AvgIpc) is 3.44. The number of hydrogen-bond acceptors (Lipinski definition) is 7. The molecule has 0 amide bonds. The van der Waals surface area contributed by atoms with Crippen molar-refractivity contribution < 1.29 is 19.5 Å². The van der Waals surface area contributed by atoms with Gasteiger partial charge in [0.1, 0.15) is 0 Å². The SMILES string of the molecule is CC(C)(C)N.O=C(O)C1(CO)CCN(Cc2ccc(-c3noc(-c4ccc(-c5ccccc5)c(Cl)c4)n3)cc2)CC1. The van der Waals surface area contributed by atoms with Gasteiger partial charge in [-0.05, 0) is 70.0 Å². The Morgan fingerprint density at radius 2 is 1.61 bits per heavy atom. The minimum atomic E-state index is -1.01. The van der Waals surface area contributed by atoms with Crippen molar-refractivity contribution in [1.29, 1.82) is 0 Å². The number of aromatic nitrogens is 2. The van der Waals surface area contributed by atoms with Gasteiger partial charge in [-0.2, -0.15) is 4.98 Å². The number of aliphatic hydroxyl groups excluding tert-OH is 1. The first-order chi connectivity index (χ1) is 19.5. The van der Waals surface area contributed by atoms with Crippen LogP contribution < -0.4 is 5.73 Å². The molecule has 1 fully saturated rings. The summed E-state index contributed by atoms with van der Waals surface area (Å²) in [5.41, 5.74) is 9.02. The van der Waals surface area contributed by atoms with E-state index in [1.54, 1.807) is 0 Å². The molecular weight excluding hydrogens is 540 g/mol. The number of piperidine rings is 1. The maximum absolute atomic E-state index is 11.5. The predicted molar refractivity (Wildman–Crippen MR) is 161 cm³/mol. The van der Waals surface area contributed by atoms with Gasteiger partial charge in [0.2, 0.25) is 5.82 Å². The van der Waals surface area contributed by atoms with E-state index in [4.69, 9.17) is 21.9 Å². The van der Waals surface area contributed by atoms with Gasteiger partial charge in [-0.15, -0.1) is 0 Å². The molecule has 1 aromatic heterocycles. The van der Waals surface area contributed by atoms with E-state index < -0.39 is 11.4 Å². The Labute approximate surface area is 245 Å². The van der Waals surface area contributed by atoms with Crippen molar-refractivity contribution in [1.82, 2.24) is 15.0 Å². The normalized spacial score (nSPS) is 15.2. The molecule has 0 unspecified atom stereocenters. The fourth-order valence-electron chi connectivity index (χ4n) is 4.55. The molecule has 1 saturated heterocycles. The number of carboxylic acids is 1. The highest BCUT2D eigenvalue weighted by Gasteiger charge is 2.40. The maximum atomic E-state index is 11.5. The second-order valence-corrected chi connectivity index (χ2v) is 12.0. The molecule has 0 bridgehead atoms. The number of carbonyl (C=O) groups is 1. The molecule has 3 aromatic carbocycles. The molecule has 5 rings (SSSR count). The molecule has 2 heterocycles. The number of hydrogen-bond donors (Lipinski definition) is 3. The van der Waals surface area contributed by atoms with E-state index in [1.165, 1.54) is 0 Å². The summed E-state index contributed by atoms with van der Waals surface area (Å²) in [6.45, 7) is 7.56. The lowest BCUT2D eigenvalue weighted by atomic mass is 9.79. The Hall–Kier alpha value is -3.56. The molecule has 1 aliphatic rings. The zero-order valence-corrected chi connectivity index (χ0v) is 24.4. The van der Waals surface area contributed by atoms with Crippen LogP contribution in [0.1, 0.15) is 39.2 Å². The number of rotatable bonds is 7. The third-order valence-electron chi connectivity index (χ3n) is 6.91. The van der Waals surface area contributed by atoms with E-state index in [0.717, 1.165) is 27.8 Å². The van der Waals surface area contributed by atoms with Crippen molar-refractivity contribution in [2.75, 3.05) is 19.7 Å². The number of nitrogens with zero attached hydrogens (tertiary/aromatic N) is 3. The van der Waals surface area contributed by atoms with Crippen LogP contribution in [0.4, 0.5) is 0 Å². The van der Waals surface area contributed by atoms with Crippen molar-refractivity contribution in [3.05, 3.63) is 83.4 Å². The summed E-state index contributed by atoms with van der Waals surface area (Å²) in [5.74, 6) is -0.0236. The lowest BCUT2D eigenvalue weighted by molar-refractivity contribution is -0.155. The molecule has 1 aliphatic heterocycles. The van der Waals surface area contributed by atoms with Crippen molar-refractivity contribution in [3.8, 4) is 34.0 Å². The van der Waals surface area contributed by atoms with E-state index in [9.17, 15) is 15.0 Å². The van der Waals surface area contributed by atoms with Crippen molar-refractivity contribution in [3.63, 3.8) is 0 Å². The molecule has 0 saturated carbocycles. The molecule has 4 N–H and O–H groups in total. The van der Waals surface area contributed by atoms with Crippen LogP contribution >= 0.6 is 11.6 Å². The van der Waals surface area contributed by atoms with Crippen molar-refractivity contribution in [2.45, 2.75) is 45.7 Å². The lowest BCUT2D eigenvalue weighted by Gasteiger charge is -2.37. The van der Waals surface area contributed by atoms with Gasteiger partial charge < -0.3 is 20.5 Å². The summed E-state index contributed by atoms with van der Waals surface area (Å²) in [4.78, 5) is 18.3. The van der Waals surface area contributed by atoms with E-state index >= 15 is 0 Å². The van der Waals surface area contributed by atoms with Gasteiger partial charge >= 0.3 is 5.97 Å². The number of likely N-dealkylation sites (tertiary alicyclic amines) is 1. The summed E-state index contributed by atoms with van der Waals surface area (Å²) < 4.78 is 5.51. The molecular formula is C32H37ClN4O4. The third-order valence-corrected chi connectivity index (χ3v) is 7.23. The molecule has 0 radical (unpaired) electrons. The Kier molecular flexibility index (Phi) is 9.60. The van der Waals surface area contributed by atoms with Gasteiger partial charge in [0.25, 0.3) is 5.89 Å². The molecule has 0 aliphatic carbocycles. The monoisotopic (exact) mass is 576 g/mol. The van der Waals surface area contributed by atoms with Crippen molar-refractivity contribution in [2.24, 2.45) is 11.1 Å². The van der Waals surface area contributed by atoms with E-state index in [2.05, 4.69) is 15.0 Å². The standard InChI is InChI=1S/C28H26ClN3O4.C4H11N/c29-24-16-22(10-11-23(24)20-4-2-1-3-5-20)26-30-25(31-36-26)21-8-6-19(7-9-21)17-32-14-12-28(18-33,13-15-32)27(34)35;1-4(2,3)5/h1-11,16,33H,12-15,17-18H2,(H,34,35);5H2,1-3H3. The van der Waals surface area contributed by atoms with Crippen molar-refractivity contribution >= 4 is 17.6 Å². The zero-order chi connectivity index (χ0) is 29.6. The number of aliphatic carboxylic acids is 1. The largest absolute Gasteiger partial charge is 0.481 e. The van der Waals surface area contributed by atoms with Gasteiger partial charge in [0, 0.05) is 33.8 Å². The van der Waals surface area contributed by atoms with Crippen LogP contribution in [0.25, 0.3) is 34.0 Å². The van der Waals surface area contributed by atoms with Crippen LogP contribution in [0.3, 0.4) is 0 Å². The fraction of sp³-hybridized carbons (Fsp3) is 0.344. The van der Waals surface area contributed by atoms with Gasteiger partial charge in [-0.3, -0.25) is 9.69 Å². The lowest BCUT2D eigenvalue weighted by Crippen LogP contribution is -2.46. The first-order valence-electron chi connectivity index (χ1n) is 13.6. The summed E-state index contributed by atoms with van der Waals surface area (Å²) in [7, 11) is 0. The van der Waals surface area contributed by atoms with Gasteiger partial charge in [0.05, 0.1) is 12.0 Å². The first kappa shape index (κ1) is 30.4. The first-order valence-corrected chi connectivity index (χ1v) is 14.0. The Morgan fingerprint density at radius 3 is 2.17 bits per heavy atom. The molecule has 216 valence electrons. The van der Waals surface area contributed by atoms with Gasteiger partial charge in [-0.1, -0.05) is 77.4 Å². The molecule has 8 nitrogen and oxygen atoms in total. The third kappa shape index (κ3) is 8.01. The molecule has 0 spiro atoms. The number of nitrogens with two attached hydrogens (primary N) is 1. The van der Waals surface area contributed by atoms with Gasteiger partial charge in [-0.25, -0.2) is 0 Å². The number of carboxylic acid groups (broad SMARTS) is 1. The second kappa shape index (κ2) is 13.0. The maximum Gasteiger partial charge on any atom is 0.312 e. The van der Waals surface area contributed by atoms with Crippen LogP contribution in [0, 0.1) is 5.41 Å². The fourth-order valence-corrected chi connectivity index (χ4v) is 4.84. The van der Waals surface area contributed by atoms with E-state index in [-0.39, 0.29) is 12.1 Å². The zero-order valence-electron chi connectivity index (χ0n) is 23.7. The minimum Gasteiger partial charge on any atom is -0.481 e. The number of halogens is 1. The number of aliphatic hydroxyl groups is 1. The highest BCUT2D eigenvalue weighted by Crippen LogP contribution is 2.33. The van der Waals surface area contributed by atoms with Crippen LogP contribution in [-0.2, 0) is 11.3 Å². The Balaban J connectivity index is 0.000000714. The molecule has 9 heteroatoms. The average molecular weight is 577 g/mol. The Bertz CT molecular complexity index is 1430. The summed E-state index contributed by atoms with van der Waals surface area (Å²) in [5, 5.41) is 23.7. The van der Waals surface area contributed by atoms with E-state index in [1.807, 2.05) is 93.6 Å². The minimum absolute atomic E-state index is 0. The molecule has 0 atom stereocenters. The molecule has 41 heavy (non-hydrogen) atoms. The van der Waals surface area contributed by atoms with E-state index in [0.29, 0.717) is 49.2 Å². The van der Waals surface area contributed by atoms with Crippen LogP contribution in [0.5, 0.6) is 0 Å².